The molecule has 152 valence electrons. The third kappa shape index (κ3) is 6.17. The van der Waals surface area contributed by atoms with Crippen molar-refractivity contribution in [3.63, 3.8) is 0 Å². The van der Waals surface area contributed by atoms with E-state index in [4.69, 9.17) is 16.3 Å². The van der Waals surface area contributed by atoms with Crippen LogP contribution in [0.3, 0.4) is 0 Å². The maximum Gasteiger partial charge on any atom is 0.151 e. The van der Waals surface area contributed by atoms with Gasteiger partial charge in [0.05, 0.1) is 11.5 Å². The summed E-state index contributed by atoms with van der Waals surface area (Å²) in [6.45, 7) is 0.640. The molecule has 0 bridgehead atoms. The lowest BCUT2D eigenvalue weighted by molar-refractivity contribution is 0.0524. The molecule has 2 aromatic rings. The first-order valence-corrected chi connectivity index (χ1v) is 11.3. The monoisotopic (exact) mass is 427 g/mol. The van der Waals surface area contributed by atoms with Crippen molar-refractivity contribution in [1.82, 2.24) is 4.90 Å². The van der Waals surface area contributed by atoms with Crippen molar-refractivity contribution in [2.24, 2.45) is 0 Å². The number of aliphatic hydroxyl groups excluding tert-OH is 1. The Morgan fingerprint density at radius 3 is 2.64 bits per heavy atom. The van der Waals surface area contributed by atoms with Crippen LogP contribution in [0, 0.1) is 5.82 Å². The number of hydrogen-bond donors (Lipinski definition) is 1. The number of rotatable bonds is 8. The highest BCUT2D eigenvalue weighted by molar-refractivity contribution is 7.91. The minimum atomic E-state index is -3.08. The van der Waals surface area contributed by atoms with Crippen LogP contribution in [0.25, 0.3) is 0 Å². The molecular weight excluding hydrogens is 405 g/mol. The number of aliphatic hydroxyl groups is 1. The summed E-state index contributed by atoms with van der Waals surface area (Å²) >= 11 is 5.84. The van der Waals surface area contributed by atoms with Gasteiger partial charge in [-0.05, 0) is 48.4 Å². The highest BCUT2D eigenvalue weighted by Gasteiger charge is 2.33. The predicted molar refractivity (Wildman–Crippen MR) is 107 cm³/mol. The zero-order valence-corrected chi connectivity index (χ0v) is 16.9. The van der Waals surface area contributed by atoms with E-state index in [1.807, 2.05) is 4.90 Å². The van der Waals surface area contributed by atoms with Crippen molar-refractivity contribution in [3.05, 3.63) is 64.9 Å². The van der Waals surface area contributed by atoms with E-state index in [0.717, 1.165) is 5.56 Å². The van der Waals surface area contributed by atoms with E-state index in [0.29, 0.717) is 23.7 Å². The molecule has 1 aliphatic heterocycles. The molecule has 1 heterocycles. The lowest BCUT2D eigenvalue weighted by atomic mass is 10.1. The van der Waals surface area contributed by atoms with Gasteiger partial charge in [-0.3, -0.25) is 4.90 Å². The Labute approximate surface area is 169 Å². The second-order valence-corrected chi connectivity index (χ2v) is 9.70. The Morgan fingerprint density at radius 1 is 1.25 bits per heavy atom. The second kappa shape index (κ2) is 9.22. The summed E-state index contributed by atoms with van der Waals surface area (Å²) in [5.41, 5.74) is 0.732. The first kappa shape index (κ1) is 21.0. The van der Waals surface area contributed by atoms with Crippen LogP contribution in [0.15, 0.2) is 48.5 Å². The summed E-state index contributed by atoms with van der Waals surface area (Å²) < 4.78 is 42.9. The quantitative estimate of drug-likeness (QED) is 0.701. The van der Waals surface area contributed by atoms with Gasteiger partial charge in [-0.25, -0.2) is 12.8 Å². The topological polar surface area (TPSA) is 66.8 Å². The van der Waals surface area contributed by atoms with Crippen molar-refractivity contribution >= 4 is 21.4 Å². The average molecular weight is 428 g/mol. The maximum atomic E-state index is 13.5. The van der Waals surface area contributed by atoms with E-state index in [1.54, 1.807) is 36.4 Å². The van der Waals surface area contributed by atoms with Gasteiger partial charge in [0.1, 0.15) is 24.3 Å². The Kier molecular flexibility index (Phi) is 6.93. The second-order valence-electron chi connectivity index (χ2n) is 7.03. The smallest absolute Gasteiger partial charge is 0.151 e. The first-order valence-electron chi connectivity index (χ1n) is 9.06. The van der Waals surface area contributed by atoms with Crippen LogP contribution >= 0.6 is 11.6 Å². The fourth-order valence-corrected chi connectivity index (χ4v) is 5.21. The number of benzene rings is 2. The standard InChI is InChI=1S/C20H23ClFNO4S/c21-16-4-6-20(7-5-16)27-13-19(24)12-23(18-8-9-28(25,26)14-18)11-15-2-1-3-17(22)10-15/h1-7,10,18-19,24H,8-9,11-14H2. The van der Waals surface area contributed by atoms with Gasteiger partial charge in [-0.1, -0.05) is 23.7 Å². The molecule has 1 aliphatic rings. The molecule has 0 saturated carbocycles. The van der Waals surface area contributed by atoms with Crippen LogP contribution in [0.1, 0.15) is 12.0 Å². The molecule has 28 heavy (non-hydrogen) atoms. The molecule has 1 N–H and O–H groups in total. The van der Waals surface area contributed by atoms with E-state index in [2.05, 4.69) is 0 Å². The molecule has 1 fully saturated rings. The van der Waals surface area contributed by atoms with Gasteiger partial charge in [-0.2, -0.15) is 0 Å². The zero-order valence-electron chi connectivity index (χ0n) is 15.3. The molecule has 0 amide bonds. The molecule has 2 aromatic carbocycles. The van der Waals surface area contributed by atoms with E-state index in [9.17, 15) is 17.9 Å². The van der Waals surface area contributed by atoms with E-state index in [-0.39, 0.29) is 36.5 Å². The lowest BCUT2D eigenvalue weighted by Gasteiger charge is -2.30. The number of nitrogens with zero attached hydrogens (tertiary/aromatic N) is 1. The summed E-state index contributed by atoms with van der Waals surface area (Å²) in [7, 11) is -3.08. The Hall–Kier alpha value is -1.67. The molecule has 0 aliphatic carbocycles. The van der Waals surface area contributed by atoms with Crippen molar-refractivity contribution < 1.29 is 22.7 Å². The molecule has 5 nitrogen and oxygen atoms in total. The molecule has 2 unspecified atom stereocenters. The normalized spacial score (nSPS) is 19.6. The van der Waals surface area contributed by atoms with Crippen LogP contribution in [0.2, 0.25) is 5.02 Å². The molecule has 3 rings (SSSR count). The number of ether oxygens (including phenoxy) is 1. The van der Waals surface area contributed by atoms with Crippen LogP contribution in [0.5, 0.6) is 5.75 Å². The molecular formula is C20H23ClFNO4S. The summed E-state index contributed by atoms with van der Waals surface area (Å²) in [6, 6.07) is 12.8. The summed E-state index contributed by atoms with van der Waals surface area (Å²) in [5, 5.41) is 11.0. The molecule has 8 heteroatoms. The average Bonchev–Trinajstić information content (AvgIpc) is 3.01. The molecule has 0 radical (unpaired) electrons. The van der Waals surface area contributed by atoms with Gasteiger partial charge in [0.2, 0.25) is 0 Å². The minimum absolute atomic E-state index is 0.0487. The highest BCUT2D eigenvalue weighted by Crippen LogP contribution is 2.21. The van der Waals surface area contributed by atoms with Gasteiger partial charge in [0.15, 0.2) is 9.84 Å². The summed E-state index contributed by atoms with van der Waals surface area (Å²) in [6.07, 6.45) is -0.324. The van der Waals surface area contributed by atoms with Crippen LogP contribution < -0.4 is 4.74 Å². The number of sulfone groups is 1. The van der Waals surface area contributed by atoms with Crippen molar-refractivity contribution in [2.45, 2.75) is 25.1 Å². The minimum Gasteiger partial charge on any atom is -0.491 e. The van der Waals surface area contributed by atoms with Gasteiger partial charge < -0.3 is 9.84 Å². The first-order chi connectivity index (χ1) is 13.3. The van der Waals surface area contributed by atoms with Gasteiger partial charge in [0, 0.05) is 24.2 Å². The van der Waals surface area contributed by atoms with Gasteiger partial charge in [-0.15, -0.1) is 0 Å². The Balaban J connectivity index is 1.64. The lowest BCUT2D eigenvalue weighted by Crippen LogP contribution is -2.42. The third-order valence-electron chi connectivity index (χ3n) is 4.70. The Morgan fingerprint density at radius 2 is 2.00 bits per heavy atom. The largest absolute Gasteiger partial charge is 0.491 e. The van der Waals surface area contributed by atoms with Crippen LogP contribution in [-0.4, -0.2) is 55.2 Å². The maximum absolute atomic E-state index is 13.5. The third-order valence-corrected chi connectivity index (χ3v) is 6.70. The number of hydrogen-bond acceptors (Lipinski definition) is 5. The van der Waals surface area contributed by atoms with Gasteiger partial charge in [0.25, 0.3) is 0 Å². The zero-order chi connectivity index (χ0) is 20.1. The Bertz CT molecular complexity index is 891. The summed E-state index contributed by atoms with van der Waals surface area (Å²) in [4.78, 5) is 1.90. The van der Waals surface area contributed by atoms with Crippen molar-refractivity contribution in [1.29, 1.82) is 0 Å². The molecule has 2 atom stereocenters. The van der Waals surface area contributed by atoms with E-state index in [1.165, 1.54) is 12.1 Å². The fraction of sp³-hybridized carbons (Fsp3) is 0.400. The highest BCUT2D eigenvalue weighted by atomic mass is 35.5. The molecule has 1 saturated heterocycles. The van der Waals surface area contributed by atoms with E-state index >= 15 is 0 Å². The van der Waals surface area contributed by atoms with Crippen molar-refractivity contribution in [3.8, 4) is 5.75 Å². The van der Waals surface area contributed by atoms with Crippen LogP contribution in [0.4, 0.5) is 4.39 Å². The van der Waals surface area contributed by atoms with Gasteiger partial charge >= 0.3 is 0 Å². The fourth-order valence-electron chi connectivity index (χ4n) is 3.32. The summed E-state index contributed by atoms with van der Waals surface area (Å²) in [5.74, 6) is 0.425. The SMILES string of the molecule is O=S1(=O)CCC(N(Cc2cccc(F)c2)CC(O)COc2ccc(Cl)cc2)C1. The van der Waals surface area contributed by atoms with Crippen molar-refractivity contribution in [2.75, 3.05) is 24.7 Å². The number of halogens is 2. The molecule has 0 spiro atoms. The predicted octanol–water partition coefficient (Wildman–Crippen LogP) is 2.91. The van der Waals surface area contributed by atoms with E-state index < -0.39 is 15.9 Å². The molecule has 0 aromatic heterocycles. The van der Waals surface area contributed by atoms with Crippen LogP contribution in [-0.2, 0) is 16.4 Å².